The minimum Gasteiger partial charge on any atom is -0.336 e. The molecule has 4 heteroatoms. The van der Waals surface area contributed by atoms with E-state index >= 15 is 0 Å². The van der Waals surface area contributed by atoms with Crippen molar-refractivity contribution in [3.63, 3.8) is 0 Å². The van der Waals surface area contributed by atoms with Gasteiger partial charge < -0.3 is 4.90 Å². The van der Waals surface area contributed by atoms with E-state index in [1.165, 1.54) is 6.07 Å². The lowest BCUT2D eigenvalue weighted by molar-refractivity contribution is 0.102. The van der Waals surface area contributed by atoms with Gasteiger partial charge in [0, 0.05) is 11.7 Å². The number of rotatable bonds is 5. The first-order valence-corrected chi connectivity index (χ1v) is 7.74. The number of allylic oxidation sites excluding steroid dienone is 1. The molecule has 0 aliphatic rings. The molecule has 2 aromatic carbocycles. The first-order chi connectivity index (χ1) is 10.4. The fourth-order valence-electron chi connectivity index (χ4n) is 2.30. The summed E-state index contributed by atoms with van der Waals surface area (Å²) in [6.45, 7) is 7.82. The van der Waals surface area contributed by atoms with Crippen LogP contribution in [0.25, 0.3) is 0 Å². The molecule has 0 saturated heterocycles. The monoisotopic (exact) mass is 361 g/mol. The number of carbonyl (C=O) groups excluding carboxylic acids is 1. The van der Waals surface area contributed by atoms with Crippen LogP contribution in [0.4, 0.5) is 10.1 Å². The molecule has 22 heavy (non-hydrogen) atoms. The number of hydrogen-bond donors (Lipinski definition) is 0. The van der Waals surface area contributed by atoms with Crippen molar-refractivity contribution in [3.05, 3.63) is 76.7 Å². The number of nitrogens with zero attached hydrogens (tertiary/aromatic N) is 1. The Balaban J connectivity index is 2.40. The maximum absolute atomic E-state index is 14.2. The van der Waals surface area contributed by atoms with Crippen LogP contribution in [-0.2, 0) is 0 Å². The van der Waals surface area contributed by atoms with Crippen LogP contribution in [0.15, 0.2) is 65.3 Å². The Morgan fingerprint density at radius 2 is 1.77 bits per heavy atom. The molecule has 0 aromatic heterocycles. The normalized spacial score (nSPS) is 10.6. The molecule has 0 atom stereocenters. The zero-order valence-electron chi connectivity index (χ0n) is 12.5. The molecule has 0 aliphatic carbocycles. The Bertz CT molecular complexity index is 697. The molecule has 2 nitrogen and oxygen atoms in total. The lowest BCUT2D eigenvalue weighted by Crippen LogP contribution is -2.33. The van der Waals surface area contributed by atoms with Gasteiger partial charge in [0.2, 0.25) is 5.78 Å². The van der Waals surface area contributed by atoms with Crippen LogP contribution in [0.2, 0.25) is 0 Å². The van der Waals surface area contributed by atoms with Crippen molar-refractivity contribution in [3.8, 4) is 0 Å². The summed E-state index contributed by atoms with van der Waals surface area (Å²) in [6, 6.07) is 14.2. The molecule has 0 fully saturated rings. The number of benzene rings is 2. The highest BCUT2D eigenvalue weighted by atomic mass is 79.9. The summed E-state index contributed by atoms with van der Waals surface area (Å²) in [4.78, 5) is 14.4. The topological polar surface area (TPSA) is 20.3 Å². The van der Waals surface area contributed by atoms with E-state index in [9.17, 15) is 9.18 Å². The third kappa shape index (κ3) is 3.28. The zero-order valence-corrected chi connectivity index (χ0v) is 14.1. The summed E-state index contributed by atoms with van der Waals surface area (Å²) in [6.07, 6.45) is 0. The minimum atomic E-state index is -0.564. The first kappa shape index (κ1) is 16.4. The Kier molecular flexibility index (Phi) is 5.14. The van der Waals surface area contributed by atoms with Gasteiger partial charge in [-0.05, 0) is 54.0 Å². The molecular weight excluding hydrogens is 345 g/mol. The van der Waals surface area contributed by atoms with Crippen LogP contribution in [0.3, 0.4) is 0 Å². The van der Waals surface area contributed by atoms with Gasteiger partial charge in [0.05, 0.1) is 15.7 Å². The van der Waals surface area contributed by atoms with Gasteiger partial charge >= 0.3 is 0 Å². The van der Waals surface area contributed by atoms with Crippen molar-refractivity contribution in [1.82, 2.24) is 0 Å². The van der Waals surface area contributed by atoms with Gasteiger partial charge in [0.1, 0.15) is 5.82 Å². The number of halogens is 2. The smallest absolute Gasteiger partial charge is 0.211 e. The van der Waals surface area contributed by atoms with E-state index in [-0.39, 0.29) is 21.8 Å². The van der Waals surface area contributed by atoms with Crippen molar-refractivity contribution >= 4 is 27.4 Å². The van der Waals surface area contributed by atoms with Gasteiger partial charge in [-0.3, -0.25) is 4.79 Å². The molecule has 0 unspecified atom stereocenters. The second kappa shape index (κ2) is 6.88. The van der Waals surface area contributed by atoms with Crippen LogP contribution in [0.1, 0.15) is 24.2 Å². The number of anilines is 1. The van der Waals surface area contributed by atoms with E-state index in [4.69, 9.17) is 0 Å². The van der Waals surface area contributed by atoms with Crippen molar-refractivity contribution in [1.29, 1.82) is 0 Å². The van der Waals surface area contributed by atoms with Crippen molar-refractivity contribution < 1.29 is 9.18 Å². The molecule has 0 heterocycles. The van der Waals surface area contributed by atoms with Crippen LogP contribution < -0.4 is 4.90 Å². The number of hydrogen-bond acceptors (Lipinski definition) is 2. The molecule has 0 saturated carbocycles. The molecular formula is C18H17BrFNO. The van der Waals surface area contributed by atoms with E-state index in [0.29, 0.717) is 0 Å². The Morgan fingerprint density at radius 1 is 1.14 bits per heavy atom. The van der Waals surface area contributed by atoms with Crippen LogP contribution in [0.5, 0.6) is 0 Å². The van der Waals surface area contributed by atoms with Crippen LogP contribution in [0, 0.1) is 5.82 Å². The minimum absolute atomic E-state index is 0.0148. The molecule has 0 aliphatic heterocycles. The molecule has 2 aromatic rings. The molecule has 0 radical (unpaired) electrons. The number of ketones is 1. The summed E-state index contributed by atoms with van der Waals surface area (Å²) >= 11 is 3.10. The SMILES string of the molecule is C=C(C(=O)c1cccc(Br)c1F)N(c1ccccc1)C(C)C. The van der Waals surface area contributed by atoms with Crippen molar-refractivity contribution in [2.45, 2.75) is 19.9 Å². The third-order valence-electron chi connectivity index (χ3n) is 3.30. The summed E-state index contributed by atoms with van der Waals surface area (Å²) < 4.78 is 14.4. The molecule has 0 amide bonds. The lowest BCUT2D eigenvalue weighted by Gasteiger charge is -2.30. The van der Waals surface area contributed by atoms with Gasteiger partial charge in [-0.15, -0.1) is 0 Å². The van der Waals surface area contributed by atoms with Gasteiger partial charge in [-0.1, -0.05) is 30.8 Å². The van der Waals surface area contributed by atoms with Gasteiger partial charge in [-0.2, -0.15) is 0 Å². The Morgan fingerprint density at radius 3 is 2.36 bits per heavy atom. The predicted molar refractivity (Wildman–Crippen MR) is 91.6 cm³/mol. The average molecular weight is 362 g/mol. The molecule has 2 rings (SSSR count). The number of para-hydroxylation sites is 1. The highest BCUT2D eigenvalue weighted by Gasteiger charge is 2.23. The van der Waals surface area contributed by atoms with E-state index in [0.717, 1.165) is 5.69 Å². The maximum atomic E-state index is 14.2. The van der Waals surface area contributed by atoms with Gasteiger partial charge in [0.25, 0.3) is 0 Å². The summed E-state index contributed by atoms with van der Waals surface area (Å²) in [5, 5.41) is 0. The summed E-state index contributed by atoms with van der Waals surface area (Å²) in [5.74, 6) is -0.984. The predicted octanol–water partition coefficient (Wildman–Crippen LogP) is 5.20. The molecule has 0 spiro atoms. The van der Waals surface area contributed by atoms with Crippen LogP contribution >= 0.6 is 15.9 Å². The molecule has 114 valence electrons. The standard InChI is InChI=1S/C18H17BrFNO/c1-12(2)21(14-8-5-4-6-9-14)13(3)18(22)15-10-7-11-16(19)17(15)20/h4-12H,3H2,1-2H3. The van der Waals surface area contributed by atoms with Crippen molar-refractivity contribution in [2.24, 2.45) is 0 Å². The van der Waals surface area contributed by atoms with E-state index in [1.807, 2.05) is 49.1 Å². The van der Waals surface area contributed by atoms with Gasteiger partial charge in [-0.25, -0.2) is 4.39 Å². The summed E-state index contributed by atoms with van der Waals surface area (Å²) in [7, 11) is 0. The third-order valence-corrected chi connectivity index (χ3v) is 3.91. The largest absolute Gasteiger partial charge is 0.336 e. The van der Waals surface area contributed by atoms with E-state index < -0.39 is 11.6 Å². The maximum Gasteiger partial charge on any atom is 0.211 e. The van der Waals surface area contributed by atoms with Crippen LogP contribution in [-0.4, -0.2) is 11.8 Å². The number of carbonyl (C=O) groups is 1. The quantitative estimate of drug-likeness (QED) is 0.538. The molecule has 0 N–H and O–H groups in total. The number of Topliss-reactive ketones (excluding diaryl/α,β-unsaturated/α-hetero) is 1. The second-order valence-corrected chi connectivity index (χ2v) is 6.03. The second-order valence-electron chi connectivity index (χ2n) is 5.18. The van der Waals surface area contributed by atoms with E-state index in [1.54, 1.807) is 12.1 Å². The Hall–Kier alpha value is -1.94. The van der Waals surface area contributed by atoms with E-state index in [2.05, 4.69) is 22.5 Å². The van der Waals surface area contributed by atoms with Crippen molar-refractivity contribution in [2.75, 3.05) is 4.90 Å². The van der Waals surface area contributed by atoms with Gasteiger partial charge in [0.15, 0.2) is 0 Å². The average Bonchev–Trinajstić information content (AvgIpc) is 2.50. The highest BCUT2D eigenvalue weighted by molar-refractivity contribution is 9.10. The fourth-order valence-corrected chi connectivity index (χ4v) is 2.66. The fraction of sp³-hybridized carbons (Fsp3) is 0.167. The highest BCUT2D eigenvalue weighted by Crippen LogP contribution is 2.26. The Labute approximate surface area is 138 Å². The first-order valence-electron chi connectivity index (χ1n) is 6.95. The zero-order chi connectivity index (χ0) is 16.3. The summed E-state index contributed by atoms with van der Waals surface area (Å²) in [5.41, 5.74) is 1.12. The molecule has 0 bridgehead atoms. The lowest BCUT2D eigenvalue weighted by atomic mass is 10.1.